The maximum atomic E-state index is 12.7. The molecule has 2 aromatic heterocycles. The van der Waals surface area contributed by atoms with Crippen LogP contribution in [0.4, 0.5) is 15.5 Å². The molecule has 0 atom stereocenters. The van der Waals surface area contributed by atoms with Crippen molar-refractivity contribution in [2.75, 3.05) is 17.2 Å². The van der Waals surface area contributed by atoms with Gasteiger partial charge in [0.2, 0.25) is 5.91 Å². The molecule has 2 aromatic carbocycles. The summed E-state index contributed by atoms with van der Waals surface area (Å²) < 4.78 is 0. The molecule has 3 amide bonds. The molecule has 0 spiro atoms. The molecule has 1 aliphatic rings. The molecule has 33 heavy (non-hydrogen) atoms. The first-order chi connectivity index (χ1) is 16.2. The zero-order valence-corrected chi connectivity index (χ0v) is 18.9. The van der Waals surface area contributed by atoms with E-state index in [-0.39, 0.29) is 24.9 Å². The van der Waals surface area contributed by atoms with Crippen molar-refractivity contribution in [2.45, 2.75) is 32.1 Å². The van der Waals surface area contributed by atoms with Crippen LogP contribution in [0.3, 0.4) is 0 Å². The first kappa shape index (κ1) is 21.2. The molecule has 0 bridgehead atoms. The van der Waals surface area contributed by atoms with Crippen LogP contribution in [0, 0.1) is 0 Å². The number of carbonyl (C=O) groups is 2. The number of hydrogen-bond acceptors (Lipinski definition) is 4. The van der Waals surface area contributed by atoms with E-state index in [4.69, 9.17) is 4.98 Å². The Bertz CT molecular complexity index is 1260. The van der Waals surface area contributed by atoms with E-state index < -0.39 is 0 Å². The molecule has 4 aromatic rings. The fourth-order valence-electron chi connectivity index (χ4n) is 4.15. The number of anilines is 2. The van der Waals surface area contributed by atoms with Crippen molar-refractivity contribution in [3.8, 4) is 11.4 Å². The molecule has 168 valence electrons. The number of carbonyl (C=O) groups excluding carboxylic acids is 2. The lowest BCUT2D eigenvalue weighted by Crippen LogP contribution is -2.31. The number of aryl methyl sites for hydroxylation is 1. The van der Waals surface area contributed by atoms with Crippen LogP contribution in [0.5, 0.6) is 0 Å². The Morgan fingerprint density at radius 3 is 2.61 bits per heavy atom. The van der Waals surface area contributed by atoms with Gasteiger partial charge in [0.15, 0.2) is 0 Å². The van der Waals surface area contributed by atoms with Gasteiger partial charge in [0.25, 0.3) is 0 Å². The van der Waals surface area contributed by atoms with Crippen LogP contribution < -0.4 is 16.0 Å². The van der Waals surface area contributed by atoms with Gasteiger partial charge in [-0.25, -0.2) is 9.78 Å². The normalized spacial score (nSPS) is 12.8. The van der Waals surface area contributed by atoms with E-state index in [0.717, 1.165) is 46.7 Å². The minimum Gasteiger partial charge on any atom is -0.338 e. The van der Waals surface area contributed by atoms with Gasteiger partial charge < -0.3 is 20.9 Å². The summed E-state index contributed by atoms with van der Waals surface area (Å²) in [6.07, 6.45) is 4.52. The SMILES string of the molecule is O=C(CCNC(=O)Nc1ccccc1)Nc1sc2c(c1-c1nc3ccccc3[nH]1)CCCC2. The number of aromatic amines is 1. The second-order valence-corrected chi connectivity index (χ2v) is 9.17. The fourth-order valence-corrected chi connectivity index (χ4v) is 5.46. The number of nitrogens with one attached hydrogen (secondary N) is 4. The third kappa shape index (κ3) is 4.75. The second kappa shape index (κ2) is 9.46. The third-order valence-electron chi connectivity index (χ3n) is 5.72. The number of fused-ring (bicyclic) bond motifs is 2. The number of amides is 3. The number of rotatable bonds is 6. The van der Waals surface area contributed by atoms with Gasteiger partial charge in [-0.05, 0) is 55.5 Å². The fraction of sp³-hybridized carbons (Fsp3) is 0.240. The van der Waals surface area contributed by atoms with Crippen LogP contribution in [0.25, 0.3) is 22.4 Å². The number of para-hydroxylation sites is 3. The summed E-state index contributed by atoms with van der Waals surface area (Å²) in [5.41, 5.74) is 4.90. The van der Waals surface area contributed by atoms with Gasteiger partial charge in [-0.1, -0.05) is 30.3 Å². The highest BCUT2D eigenvalue weighted by Gasteiger charge is 2.25. The smallest absolute Gasteiger partial charge is 0.319 e. The third-order valence-corrected chi connectivity index (χ3v) is 6.93. The first-order valence-corrected chi connectivity index (χ1v) is 12.0. The highest BCUT2D eigenvalue weighted by atomic mass is 32.1. The lowest BCUT2D eigenvalue weighted by atomic mass is 9.95. The molecular weight excluding hydrogens is 434 g/mol. The Hall–Kier alpha value is -3.65. The lowest BCUT2D eigenvalue weighted by Gasteiger charge is -2.12. The minimum atomic E-state index is -0.330. The van der Waals surface area contributed by atoms with Crippen LogP contribution in [0.2, 0.25) is 0 Å². The maximum Gasteiger partial charge on any atom is 0.319 e. The van der Waals surface area contributed by atoms with Gasteiger partial charge in [-0.3, -0.25) is 4.79 Å². The summed E-state index contributed by atoms with van der Waals surface area (Å²) in [7, 11) is 0. The number of urea groups is 1. The molecule has 8 heteroatoms. The number of nitrogens with zero attached hydrogens (tertiary/aromatic N) is 1. The lowest BCUT2D eigenvalue weighted by molar-refractivity contribution is -0.116. The molecule has 0 unspecified atom stereocenters. The van der Waals surface area contributed by atoms with Crippen molar-refractivity contribution < 1.29 is 9.59 Å². The van der Waals surface area contributed by atoms with E-state index in [1.807, 2.05) is 54.6 Å². The van der Waals surface area contributed by atoms with Gasteiger partial charge >= 0.3 is 6.03 Å². The summed E-state index contributed by atoms with van der Waals surface area (Å²) in [6, 6.07) is 16.8. The van der Waals surface area contributed by atoms with Crippen molar-refractivity contribution in [3.05, 3.63) is 65.0 Å². The Labute approximate surface area is 195 Å². The second-order valence-electron chi connectivity index (χ2n) is 8.06. The molecule has 0 radical (unpaired) electrons. The highest BCUT2D eigenvalue weighted by Crippen LogP contribution is 2.43. The van der Waals surface area contributed by atoms with Crippen molar-refractivity contribution in [2.24, 2.45) is 0 Å². The van der Waals surface area contributed by atoms with E-state index in [2.05, 4.69) is 20.9 Å². The van der Waals surface area contributed by atoms with Gasteiger partial charge in [0.05, 0.1) is 16.6 Å². The van der Waals surface area contributed by atoms with Crippen LogP contribution in [0.15, 0.2) is 54.6 Å². The predicted molar refractivity (Wildman–Crippen MR) is 133 cm³/mol. The number of hydrogen-bond donors (Lipinski definition) is 4. The van der Waals surface area contributed by atoms with E-state index in [9.17, 15) is 9.59 Å². The summed E-state index contributed by atoms with van der Waals surface area (Å²) in [4.78, 5) is 34.3. The average Bonchev–Trinajstić information content (AvgIpc) is 3.40. The van der Waals surface area contributed by atoms with Gasteiger partial charge in [-0.15, -0.1) is 11.3 Å². The standard InChI is InChI=1S/C25H25N5O2S/c31-21(14-15-26-25(32)27-16-8-2-1-3-9-16)30-24-22(17-10-4-7-13-20(17)33-24)23-28-18-11-5-6-12-19(18)29-23/h1-3,5-6,8-9,11-12H,4,7,10,13-15H2,(H,28,29)(H,30,31)(H2,26,27,32). The predicted octanol–water partition coefficient (Wildman–Crippen LogP) is 5.32. The summed E-state index contributed by atoms with van der Waals surface area (Å²) in [6.45, 7) is 0.246. The quantitative estimate of drug-likeness (QED) is 0.314. The number of imidazole rings is 1. The first-order valence-electron chi connectivity index (χ1n) is 11.2. The zero-order valence-electron chi connectivity index (χ0n) is 18.1. The number of H-pyrrole nitrogens is 1. The Morgan fingerprint density at radius 1 is 0.970 bits per heavy atom. The van der Waals surface area contributed by atoms with Gasteiger partial charge in [0, 0.05) is 23.5 Å². The largest absolute Gasteiger partial charge is 0.338 e. The van der Waals surface area contributed by atoms with E-state index in [0.29, 0.717) is 5.69 Å². The Balaban J connectivity index is 1.27. The molecule has 0 fully saturated rings. The van der Waals surface area contributed by atoms with Crippen molar-refractivity contribution in [1.29, 1.82) is 0 Å². The Kier molecular flexibility index (Phi) is 6.08. The number of aromatic nitrogens is 2. The Morgan fingerprint density at radius 2 is 1.76 bits per heavy atom. The molecule has 5 rings (SSSR count). The molecule has 2 heterocycles. The number of benzene rings is 2. The van der Waals surface area contributed by atoms with Crippen molar-refractivity contribution >= 4 is 45.0 Å². The molecular formula is C25H25N5O2S. The molecule has 0 saturated heterocycles. The van der Waals surface area contributed by atoms with Crippen molar-refractivity contribution in [1.82, 2.24) is 15.3 Å². The molecule has 1 aliphatic carbocycles. The monoisotopic (exact) mass is 459 g/mol. The molecule has 0 saturated carbocycles. The van der Waals surface area contributed by atoms with Crippen LogP contribution in [-0.2, 0) is 17.6 Å². The minimum absolute atomic E-state index is 0.133. The highest BCUT2D eigenvalue weighted by molar-refractivity contribution is 7.17. The topological polar surface area (TPSA) is 98.9 Å². The zero-order chi connectivity index (χ0) is 22.6. The van der Waals surface area contributed by atoms with Crippen LogP contribution in [0.1, 0.15) is 29.7 Å². The number of thiophene rings is 1. The van der Waals surface area contributed by atoms with E-state index in [1.165, 1.54) is 16.9 Å². The van der Waals surface area contributed by atoms with Crippen LogP contribution >= 0.6 is 11.3 Å². The summed E-state index contributed by atoms with van der Waals surface area (Å²) >= 11 is 1.64. The van der Waals surface area contributed by atoms with E-state index >= 15 is 0 Å². The molecule has 0 aliphatic heterocycles. The maximum absolute atomic E-state index is 12.7. The van der Waals surface area contributed by atoms with Gasteiger partial charge in [0.1, 0.15) is 10.8 Å². The molecule has 7 nitrogen and oxygen atoms in total. The summed E-state index contributed by atoms with van der Waals surface area (Å²) in [5.74, 6) is 0.664. The molecule has 4 N–H and O–H groups in total. The van der Waals surface area contributed by atoms with E-state index in [1.54, 1.807) is 11.3 Å². The summed E-state index contributed by atoms with van der Waals surface area (Å²) in [5, 5.41) is 9.40. The van der Waals surface area contributed by atoms with Crippen molar-refractivity contribution in [3.63, 3.8) is 0 Å². The van der Waals surface area contributed by atoms with Gasteiger partial charge in [-0.2, -0.15) is 0 Å². The van der Waals surface area contributed by atoms with Crippen LogP contribution in [-0.4, -0.2) is 28.5 Å². The average molecular weight is 460 g/mol.